The number of para-hydroxylation sites is 1. The molecule has 0 fully saturated rings. The van der Waals surface area contributed by atoms with Gasteiger partial charge in [0.1, 0.15) is 17.3 Å². The zero-order chi connectivity index (χ0) is 15.0. The molecule has 0 spiro atoms. The number of fused-ring (bicyclic) bond motifs is 1. The first-order valence-corrected chi connectivity index (χ1v) is 6.54. The van der Waals surface area contributed by atoms with E-state index in [2.05, 4.69) is 11.1 Å². The fraction of sp³-hybridized carbons (Fsp3) is 0.0667. The van der Waals surface area contributed by atoms with E-state index in [-0.39, 0.29) is 0 Å². The number of hydrogen-bond donors (Lipinski definition) is 1. The fourth-order valence-electron chi connectivity index (χ4n) is 2.27. The van der Waals surface area contributed by atoms with E-state index < -0.39 is 0 Å². The molecule has 2 N–H and O–H groups in total. The smallest absolute Gasteiger partial charge is 0.205 e. The van der Waals surface area contributed by atoms with Crippen LogP contribution in [0.15, 0.2) is 36.4 Å². The molecule has 21 heavy (non-hydrogen) atoms. The van der Waals surface area contributed by atoms with Crippen molar-refractivity contribution in [1.29, 1.82) is 5.26 Å². The molecule has 0 unspecified atom stereocenters. The van der Waals surface area contributed by atoms with E-state index in [0.29, 0.717) is 27.8 Å². The first-order chi connectivity index (χ1) is 10.2. The minimum atomic E-state index is 0.303. The van der Waals surface area contributed by atoms with Crippen molar-refractivity contribution in [2.24, 2.45) is 0 Å². The number of ether oxygens (including phenoxy) is 1. The van der Waals surface area contributed by atoms with Crippen LogP contribution >= 0.6 is 11.6 Å². The maximum absolute atomic E-state index is 9.15. The van der Waals surface area contributed by atoms with Gasteiger partial charge in [0.05, 0.1) is 28.9 Å². The highest BCUT2D eigenvalue weighted by atomic mass is 35.5. The summed E-state index contributed by atoms with van der Waals surface area (Å²) in [6.07, 6.45) is 0. The normalized spacial score (nSPS) is 10.5. The Morgan fingerprint density at radius 3 is 2.86 bits per heavy atom. The van der Waals surface area contributed by atoms with Crippen molar-refractivity contribution in [3.8, 4) is 17.5 Å². The number of aromatic nitrogens is 2. The Hall–Kier alpha value is -2.71. The third kappa shape index (κ3) is 2.06. The summed E-state index contributed by atoms with van der Waals surface area (Å²) in [6.45, 7) is 0. The summed E-state index contributed by atoms with van der Waals surface area (Å²) in [7, 11) is 1.55. The van der Waals surface area contributed by atoms with E-state index in [1.165, 1.54) is 0 Å². The molecule has 0 aliphatic rings. The number of hydrogen-bond acceptors (Lipinski definition) is 4. The number of anilines is 1. The van der Waals surface area contributed by atoms with Gasteiger partial charge in [-0.2, -0.15) is 5.26 Å². The first-order valence-electron chi connectivity index (χ1n) is 6.16. The summed E-state index contributed by atoms with van der Waals surface area (Å²) < 4.78 is 6.98. The highest BCUT2D eigenvalue weighted by Crippen LogP contribution is 2.30. The van der Waals surface area contributed by atoms with E-state index in [0.717, 1.165) is 11.2 Å². The minimum Gasteiger partial charge on any atom is -0.495 e. The van der Waals surface area contributed by atoms with Gasteiger partial charge in [0, 0.05) is 6.07 Å². The average Bonchev–Trinajstić information content (AvgIpc) is 2.83. The largest absolute Gasteiger partial charge is 0.495 e. The van der Waals surface area contributed by atoms with E-state index >= 15 is 0 Å². The van der Waals surface area contributed by atoms with Crippen molar-refractivity contribution in [2.45, 2.75) is 0 Å². The predicted octanol–water partition coefficient (Wildman–Crippen LogP) is 3.14. The van der Waals surface area contributed by atoms with Crippen molar-refractivity contribution < 1.29 is 4.74 Å². The Kier molecular flexibility index (Phi) is 3.16. The zero-order valence-corrected chi connectivity index (χ0v) is 11.9. The molecule has 3 rings (SSSR count). The third-order valence-electron chi connectivity index (χ3n) is 3.22. The monoisotopic (exact) mass is 298 g/mol. The van der Waals surface area contributed by atoms with Gasteiger partial charge in [0.2, 0.25) is 5.95 Å². The van der Waals surface area contributed by atoms with Gasteiger partial charge in [-0.25, -0.2) is 4.98 Å². The number of nitrogens with two attached hydrogens (primary N) is 1. The van der Waals surface area contributed by atoms with Crippen LogP contribution in [0.2, 0.25) is 5.02 Å². The van der Waals surface area contributed by atoms with Crippen LogP contribution in [0, 0.1) is 11.3 Å². The molecule has 0 radical (unpaired) electrons. The molecule has 6 heteroatoms. The predicted molar refractivity (Wildman–Crippen MR) is 81.8 cm³/mol. The summed E-state index contributed by atoms with van der Waals surface area (Å²) >= 11 is 6.04. The van der Waals surface area contributed by atoms with Gasteiger partial charge in [0.25, 0.3) is 0 Å². The number of imidazole rings is 1. The Morgan fingerprint density at radius 1 is 1.33 bits per heavy atom. The molecule has 0 aliphatic carbocycles. The van der Waals surface area contributed by atoms with Crippen LogP contribution in [-0.4, -0.2) is 16.7 Å². The Bertz CT molecular complexity index is 879. The van der Waals surface area contributed by atoms with Crippen LogP contribution in [0.25, 0.3) is 16.7 Å². The molecule has 2 aromatic carbocycles. The van der Waals surface area contributed by atoms with Crippen molar-refractivity contribution in [3.05, 3.63) is 47.0 Å². The fourth-order valence-corrected chi connectivity index (χ4v) is 2.46. The van der Waals surface area contributed by atoms with E-state index in [9.17, 15) is 0 Å². The molecule has 0 saturated heterocycles. The number of nitrogen functional groups attached to an aromatic ring is 1. The number of rotatable bonds is 2. The molecular formula is C15H11ClN4O. The van der Waals surface area contributed by atoms with E-state index in [1.54, 1.807) is 35.9 Å². The maximum atomic E-state index is 9.15. The molecule has 1 aromatic heterocycles. The van der Waals surface area contributed by atoms with E-state index in [4.69, 9.17) is 27.3 Å². The second-order valence-corrected chi connectivity index (χ2v) is 4.82. The number of methoxy groups -OCH3 is 1. The Labute approximate surface area is 126 Å². The number of benzene rings is 2. The maximum Gasteiger partial charge on any atom is 0.205 e. The van der Waals surface area contributed by atoms with Crippen molar-refractivity contribution in [2.75, 3.05) is 12.8 Å². The van der Waals surface area contributed by atoms with Gasteiger partial charge in [0.15, 0.2) is 0 Å². The van der Waals surface area contributed by atoms with Crippen LogP contribution in [0.5, 0.6) is 5.75 Å². The summed E-state index contributed by atoms with van der Waals surface area (Å²) in [5.41, 5.74) is 8.60. The van der Waals surface area contributed by atoms with Crippen LogP contribution in [0.3, 0.4) is 0 Å². The Balaban J connectivity index is 2.31. The van der Waals surface area contributed by atoms with Gasteiger partial charge in [-0.05, 0) is 24.3 Å². The summed E-state index contributed by atoms with van der Waals surface area (Å²) in [5, 5.41) is 9.66. The molecule has 0 saturated carbocycles. The Morgan fingerprint density at radius 2 is 2.14 bits per heavy atom. The first kappa shape index (κ1) is 13.3. The topological polar surface area (TPSA) is 76.9 Å². The molecule has 0 bridgehead atoms. The van der Waals surface area contributed by atoms with Gasteiger partial charge >= 0.3 is 0 Å². The lowest BCUT2D eigenvalue weighted by Crippen LogP contribution is -2.01. The second-order valence-electron chi connectivity index (χ2n) is 4.41. The van der Waals surface area contributed by atoms with Crippen LogP contribution in [0.4, 0.5) is 5.95 Å². The molecular weight excluding hydrogens is 288 g/mol. The molecule has 104 valence electrons. The summed E-state index contributed by atoms with van der Waals surface area (Å²) in [6, 6.07) is 12.8. The lowest BCUT2D eigenvalue weighted by Gasteiger charge is -2.09. The minimum absolute atomic E-state index is 0.303. The van der Waals surface area contributed by atoms with Crippen LogP contribution in [0.1, 0.15) is 5.56 Å². The molecule has 0 atom stereocenters. The summed E-state index contributed by atoms with van der Waals surface area (Å²) in [5.74, 6) is 0.851. The lowest BCUT2D eigenvalue weighted by molar-refractivity contribution is 0.415. The van der Waals surface area contributed by atoms with Crippen LogP contribution in [-0.2, 0) is 0 Å². The molecule has 0 amide bonds. The third-order valence-corrected chi connectivity index (χ3v) is 3.54. The molecule has 5 nitrogen and oxygen atoms in total. The van der Waals surface area contributed by atoms with Gasteiger partial charge < -0.3 is 10.5 Å². The number of nitriles is 1. The molecule has 1 heterocycles. The second kappa shape index (κ2) is 5.00. The number of nitrogens with zero attached hydrogens (tertiary/aromatic N) is 3. The number of halogens is 1. The highest BCUT2D eigenvalue weighted by Gasteiger charge is 2.14. The lowest BCUT2D eigenvalue weighted by atomic mass is 10.2. The SMILES string of the molecule is COc1cc(-n2c(N)nc3c(C#N)cccc32)ccc1Cl. The van der Waals surface area contributed by atoms with E-state index in [1.807, 2.05) is 12.1 Å². The van der Waals surface area contributed by atoms with Gasteiger partial charge in [-0.15, -0.1) is 0 Å². The quantitative estimate of drug-likeness (QED) is 0.788. The standard InChI is InChI=1S/C15H11ClN4O/c1-21-13-7-10(5-6-11(13)16)20-12-4-2-3-9(8-17)14(12)19-15(20)18/h2-7H,1H3,(H2,18,19). The van der Waals surface area contributed by atoms with Crippen molar-refractivity contribution >= 4 is 28.6 Å². The zero-order valence-electron chi connectivity index (χ0n) is 11.2. The molecule has 3 aromatic rings. The average molecular weight is 299 g/mol. The van der Waals surface area contributed by atoms with Crippen molar-refractivity contribution in [1.82, 2.24) is 9.55 Å². The van der Waals surface area contributed by atoms with Crippen molar-refractivity contribution in [3.63, 3.8) is 0 Å². The molecule has 0 aliphatic heterocycles. The summed E-state index contributed by atoms with van der Waals surface area (Å²) in [4.78, 5) is 4.28. The van der Waals surface area contributed by atoms with Gasteiger partial charge in [-0.1, -0.05) is 17.7 Å². The van der Waals surface area contributed by atoms with Gasteiger partial charge in [-0.3, -0.25) is 4.57 Å². The highest BCUT2D eigenvalue weighted by molar-refractivity contribution is 6.32. The van der Waals surface area contributed by atoms with Crippen LogP contribution < -0.4 is 10.5 Å².